The molecule has 0 spiro atoms. The number of nitrogens with zero attached hydrogens (tertiary/aromatic N) is 4. The molecule has 3 rings (SSSR count). The van der Waals surface area contributed by atoms with Gasteiger partial charge in [-0.3, -0.25) is 0 Å². The fourth-order valence-electron chi connectivity index (χ4n) is 1.86. The van der Waals surface area contributed by atoms with Crippen molar-refractivity contribution in [3.63, 3.8) is 0 Å². The average Bonchev–Trinajstić information content (AvgIpc) is 2.90. The van der Waals surface area contributed by atoms with Crippen LogP contribution in [0.4, 0.5) is 4.39 Å². The zero-order valence-corrected chi connectivity index (χ0v) is 13.2. The Kier molecular flexibility index (Phi) is 4.03. The Morgan fingerprint density at radius 3 is 2.76 bits per heavy atom. The van der Waals surface area contributed by atoms with Crippen LogP contribution in [-0.2, 0) is 0 Å². The van der Waals surface area contributed by atoms with Crippen molar-refractivity contribution in [2.45, 2.75) is 5.03 Å². The molecule has 0 fully saturated rings. The van der Waals surface area contributed by atoms with Crippen LogP contribution in [0.25, 0.3) is 16.7 Å². The van der Waals surface area contributed by atoms with E-state index in [4.69, 9.17) is 0 Å². The molecule has 21 heavy (non-hydrogen) atoms. The highest BCUT2D eigenvalue weighted by molar-refractivity contribution is 9.11. The van der Waals surface area contributed by atoms with Gasteiger partial charge in [-0.1, -0.05) is 22.5 Å². The third-order valence-corrected chi connectivity index (χ3v) is 4.51. The minimum Gasteiger partial charge on any atom is -0.229 e. The number of fused-ring (bicyclic) bond motifs is 1. The number of hydrogen-bond acceptors (Lipinski definition) is 4. The van der Waals surface area contributed by atoms with E-state index in [1.807, 2.05) is 0 Å². The first-order valence-corrected chi connectivity index (χ1v) is 7.84. The quantitative estimate of drug-likeness (QED) is 0.519. The maximum Gasteiger partial charge on any atom is 0.167 e. The Balaban J connectivity index is 2.04. The molecule has 0 radical (unpaired) electrons. The second-order valence-corrected chi connectivity index (χ2v) is 6.34. The molecule has 0 unspecified atom stereocenters. The van der Waals surface area contributed by atoms with Gasteiger partial charge in [0.2, 0.25) is 0 Å². The van der Waals surface area contributed by atoms with E-state index in [1.165, 1.54) is 18.5 Å². The van der Waals surface area contributed by atoms with Crippen molar-refractivity contribution >= 4 is 38.7 Å². The molecule has 0 N–H and O–H groups in total. The standard InChI is InChI=1S/C14H10BrFN4S/c1-9(15)7-21-14-12-6-19-20(13(12)17-8-18-14)11-4-2-10(16)3-5-11/h2-6,8H,1,7H2. The van der Waals surface area contributed by atoms with Gasteiger partial charge in [-0.2, -0.15) is 5.10 Å². The molecular weight excluding hydrogens is 355 g/mol. The molecule has 4 nitrogen and oxygen atoms in total. The Labute approximate surface area is 133 Å². The van der Waals surface area contributed by atoms with Crippen LogP contribution in [0.3, 0.4) is 0 Å². The lowest BCUT2D eigenvalue weighted by atomic mass is 10.3. The van der Waals surface area contributed by atoms with Crippen molar-refractivity contribution in [1.29, 1.82) is 0 Å². The molecule has 1 aromatic carbocycles. The molecule has 3 aromatic rings. The number of thioether (sulfide) groups is 1. The molecular formula is C14H10BrFN4S. The molecule has 7 heteroatoms. The molecule has 0 saturated heterocycles. The van der Waals surface area contributed by atoms with Gasteiger partial charge in [0.1, 0.15) is 17.2 Å². The van der Waals surface area contributed by atoms with Gasteiger partial charge in [-0.15, -0.1) is 11.8 Å². The second-order valence-electron chi connectivity index (χ2n) is 4.25. The van der Waals surface area contributed by atoms with E-state index in [0.717, 1.165) is 20.6 Å². The van der Waals surface area contributed by atoms with Crippen LogP contribution in [0.1, 0.15) is 0 Å². The lowest BCUT2D eigenvalue weighted by Gasteiger charge is -2.04. The highest BCUT2D eigenvalue weighted by atomic mass is 79.9. The number of hydrogen-bond donors (Lipinski definition) is 0. The summed E-state index contributed by atoms with van der Waals surface area (Å²) in [6, 6.07) is 6.12. The number of rotatable bonds is 4. The Bertz CT molecular complexity index is 800. The lowest BCUT2D eigenvalue weighted by Crippen LogP contribution is -1.98. The zero-order chi connectivity index (χ0) is 14.8. The molecule has 0 amide bonds. The largest absolute Gasteiger partial charge is 0.229 e. The first-order chi connectivity index (χ1) is 10.1. The predicted octanol–water partition coefficient (Wildman–Crippen LogP) is 3.96. The summed E-state index contributed by atoms with van der Waals surface area (Å²) in [4.78, 5) is 8.55. The summed E-state index contributed by atoms with van der Waals surface area (Å²) >= 11 is 4.89. The van der Waals surface area contributed by atoms with Crippen LogP contribution in [-0.4, -0.2) is 25.5 Å². The highest BCUT2D eigenvalue weighted by Crippen LogP contribution is 2.27. The van der Waals surface area contributed by atoms with Gasteiger partial charge in [-0.05, 0) is 28.7 Å². The molecule has 2 aromatic heterocycles. The number of halogens is 2. The van der Waals surface area contributed by atoms with Gasteiger partial charge in [0.25, 0.3) is 0 Å². The fourth-order valence-corrected chi connectivity index (χ4v) is 2.91. The van der Waals surface area contributed by atoms with Crippen molar-refractivity contribution in [2.75, 3.05) is 5.75 Å². The molecule has 106 valence electrons. The lowest BCUT2D eigenvalue weighted by molar-refractivity contribution is 0.627. The molecule has 0 aliphatic carbocycles. The Morgan fingerprint density at radius 1 is 1.29 bits per heavy atom. The second kappa shape index (κ2) is 5.95. The van der Waals surface area contributed by atoms with Gasteiger partial charge in [0.15, 0.2) is 5.65 Å². The van der Waals surface area contributed by atoms with E-state index >= 15 is 0 Å². The summed E-state index contributed by atoms with van der Waals surface area (Å²) in [7, 11) is 0. The van der Waals surface area contributed by atoms with E-state index in [2.05, 4.69) is 37.6 Å². The molecule has 0 aliphatic heterocycles. The van der Waals surface area contributed by atoms with Gasteiger partial charge in [-0.25, -0.2) is 19.0 Å². The summed E-state index contributed by atoms with van der Waals surface area (Å²) in [6.45, 7) is 3.81. The smallest absolute Gasteiger partial charge is 0.167 e. The summed E-state index contributed by atoms with van der Waals surface area (Å²) in [5, 5.41) is 6.03. The Hall–Kier alpha value is -1.73. The molecule has 0 atom stereocenters. The van der Waals surface area contributed by atoms with E-state index in [9.17, 15) is 4.39 Å². The maximum absolute atomic E-state index is 13.0. The summed E-state index contributed by atoms with van der Waals surface area (Å²) in [5.74, 6) is 0.435. The van der Waals surface area contributed by atoms with E-state index in [1.54, 1.807) is 34.8 Å². The summed E-state index contributed by atoms with van der Waals surface area (Å²) in [5.41, 5.74) is 1.45. The zero-order valence-electron chi connectivity index (χ0n) is 10.8. The third-order valence-electron chi connectivity index (χ3n) is 2.77. The number of benzene rings is 1. The van der Waals surface area contributed by atoms with Gasteiger partial charge < -0.3 is 0 Å². The van der Waals surface area contributed by atoms with Crippen molar-refractivity contribution in [3.05, 3.63) is 53.7 Å². The van der Waals surface area contributed by atoms with Crippen LogP contribution in [0.2, 0.25) is 0 Å². The minimum absolute atomic E-state index is 0.281. The van der Waals surface area contributed by atoms with E-state index < -0.39 is 0 Å². The van der Waals surface area contributed by atoms with E-state index in [0.29, 0.717) is 11.4 Å². The fraction of sp³-hybridized carbons (Fsp3) is 0.0714. The van der Waals surface area contributed by atoms with Crippen molar-refractivity contribution < 1.29 is 4.39 Å². The summed E-state index contributed by atoms with van der Waals surface area (Å²) < 4.78 is 15.6. The average molecular weight is 365 g/mol. The van der Waals surface area contributed by atoms with Crippen LogP contribution >= 0.6 is 27.7 Å². The Morgan fingerprint density at radius 2 is 2.05 bits per heavy atom. The SMILES string of the molecule is C=C(Br)CSc1ncnc2c1cnn2-c1ccc(F)cc1. The molecule has 2 heterocycles. The maximum atomic E-state index is 13.0. The monoisotopic (exact) mass is 364 g/mol. The summed E-state index contributed by atoms with van der Waals surface area (Å²) in [6.07, 6.45) is 3.22. The van der Waals surface area contributed by atoms with Gasteiger partial charge >= 0.3 is 0 Å². The first kappa shape index (κ1) is 14.2. The topological polar surface area (TPSA) is 43.6 Å². The van der Waals surface area contributed by atoms with Crippen molar-refractivity contribution in [2.24, 2.45) is 0 Å². The van der Waals surface area contributed by atoms with Crippen LogP contribution in [0.5, 0.6) is 0 Å². The van der Waals surface area contributed by atoms with Crippen LogP contribution < -0.4 is 0 Å². The minimum atomic E-state index is -0.281. The van der Waals surface area contributed by atoms with Crippen molar-refractivity contribution in [1.82, 2.24) is 19.7 Å². The molecule has 0 saturated carbocycles. The van der Waals surface area contributed by atoms with E-state index in [-0.39, 0.29) is 5.82 Å². The van der Waals surface area contributed by atoms with Gasteiger partial charge in [0, 0.05) is 5.75 Å². The third kappa shape index (κ3) is 2.98. The van der Waals surface area contributed by atoms with Gasteiger partial charge in [0.05, 0.1) is 17.3 Å². The predicted molar refractivity (Wildman–Crippen MR) is 85.4 cm³/mol. The molecule has 0 bridgehead atoms. The van der Waals surface area contributed by atoms with Crippen LogP contribution in [0.15, 0.2) is 52.9 Å². The normalized spacial score (nSPS) is 11.0. The first-order valence-electron chi connectivity index (χ1n) is 6.06. The highest BCUT2D eigenvalue weighted by Gasteiger charge is 2.11. The molecule has 0 aliphatic rings. The number of aromatic nitrogens is 4. The van der Waals surface area contributed by atoms with Crippen LogP contribution in [0, 0.1) is 5.82 Å². The van der Waals surface area contributed by atoms with Crippen molar-refractivity contribution in [3.8, 4) is 5.69 Å².